The van der Waals surface area contributed by atoms with Crippen molar-refractivity contribution < 1.29 is 4.39 Å². The van der Waals surface area contributed by atoms with E-state index >= 15 is 0 Å². The standard InChI is InChI=1S/C12H17FN2/c1-15-6-5-12(13,9-15)11-4-2-3-10(7-11)8-14/h2-4,7H,5-6,8-9,14H2,1H3. The van der Waals surface area contributed by atoms with E-state index in [0.717, 1.165) is 17.7 Å². The van der Waals surface area contributed by atoms with E-state index in [4.69, 9.17) is 5.73 Å². The second-order valence-corrected chi connectivity index (χ2v) is 4.36. The third-order valence-electron chi connectivity index (χ3n) is 3.09. The summed E-state index contributed by atoms with van der Waals surface area (Å²) in [6.45, 7) is 1.78. The van der Waals surface area contributed by atoms with Gasteiger partial charge in [0.05, 0.1) is 0 Å². The van der Waals surface area contributed by atoms with E-state index in [0.29, 0.717) is 19.5 Å². The van der Waals surface area contributed by atoms with E-state index in [-0.39, 0.29) is 0 Å². The number of benzene rings is 1. The summed E-state index contributed by atoms with van der Waals surface area (Å²) in [5, 5.41) is 0. The summed E-state index contributed by atoms with van der Waals surface area (Å²) in [4.78, 5) is 2.02. The average molecular weight is 208 g/mol. The van der Waals surface area contributed by atoms with Gasteiger partial charge in [-0.1, -0.05) is 24.3 Å². The molecule has 0 saturated carbocycles. The molecule has 2 N–H and O–H groups in total. The zero-order valence-electron chi connectivity index (χ0n) is 9.04. The van der Waals surface area contributed by atoms with Crippen molar-refractivity contribution in [2.45, 2.75) is 18.6 Å². The lowest BCUT2D eigenvalue weighted by molar-refractivity contribution is 0.174. The van der Waals surface area contributed by atoms with Crippen molar-refractivity contribution in [3.8, 4) is 0 Å². The molecule has 1 fully saturated rings. The van der Waals surface area contributed by atoms with Crippen LogP contribution < -0.4 is 5.73 Å². The second-order valence-electron chi connectivity index (χ2n) is 4.36. The molecule has 1 aliphatic heterocycles. The lowest BCUT2D eigenvalue weighted by Crippen LogP contribution is -2.24. The fourth-order valence-electron chi connectivity index (χ4n) is 2.17. The Kier molecular flexibility index (Phi) is 2.76. The molecule has 1 heterocycles. The van der Waals surface area contributed by atoms with Gasteiger partial charge in [-0.05, 0) is 24.6 Å². The molecule has 1 aromatic rings. The number of likely N-dealkylation sites (N-methyl/N-ethyl adjacent to an activating group) is 1. The Morgan fingerprint density at radius 1 is 1.53 bits per heavy atom. The molecule has 1 aromatic carbocycles. The van der Waals surface area contributed by atoms with Gasteiger partial charge in [0.15, 0.2) is 0 Å². The molecule has 1 atom stereocenters. The normalized spacial score (nSPS) is 27.1. The van der Waals surface area contributed by atoms with E-state index in [1.165, 1.54) is 0 Å². The Bertz CT molecular complexity index is 353. The number of alkyl halides is 1. The summed E-state index contributed by atoms with van der Waals surface area (Å²) in [7, 11) is 1.95. The van der Waals surface area contributed by atoms with Gasteiger partial charge in [-0.2, -0.15) is 0 Å². The average Bonchev–Trinajstić information content (AvgIpc) is 2.60. The highest BCUT2D eigenvalue weighted by atomic mass is 19.1. The number of hydrogen-bond acceptors (Lipinski definition) is 2. The van der Waals surface area contributed by atoms with Crippen LogP contribution in [0.4, 0.5) is 4.39 Å². The van der Waals surface area contributed by atoms with E-state index in [1.54, 1.807) is 0 Å². The van der Waals surface area contributed by atoms with Crippen molar-refractivity contribution in [1.29, 1.82) is 0 Å². The first-order valence-corrected chi connectivity index (χ1v) is 5.31. The van der Waals surface area contributed by atoms with Crippen LogP contribution in [0.1, 0.15) is 17.5 Å². The Morgan fingerprint density at radius 3 is 2.93 bits per heavy atom. The molecule has 82 valence electrons. The van der Waals surface area contributed by atoms with Crippen molar-refractivity contribution in [2.75, 3.05) is 20.1 Å². The summed E-state index contributed by atoms with van der Waals surface area (Å²) < 4.78 is 14.5. The molecule has 0 spiro atoms. The maximum absolute atomic E-state index is 14.5. The van der Waals surface area contributed by atoms with Gasteiger partial charge in [0.2, 0.25) is 0 Å². The minimum Gasteiger partial charge on any atom is -0.326 e. The zero-order chi connectivity index (χ0) is 10.9. The SMILES string of the molecule is CN1CCC(F)(c2cccc(CN)c2)C1. The molecule has 0 aromatic heterocycles. The van der Waals surface area contributed by atoms with Crippen molar-refractivity contribution in [3.05, 3.63) is 35.4 Å². The van der Waals surface area contributed by atoms with Crippen molar-refractivity contribution in [3.63, 3.8) is 0 Å². The lowest BCUT2D eigenvalue weighted by Gasteiger charge is -2.20. The van der Waals surface area contributed by atoms with E-state index in [1.807, 2.05) is 36.2 Å². The van der Waals surface area contributed by atoms with Gasteiger partial charge in [-0.3, -0.25) is 0 Å². The number of halogens is 1. The molecule has 0 aliphatic carbocycles. The van der Waals surface area contributed by atoms with Gasteiger partial charge < -0.3 is 10.6 Å². The van der Waals surface area contributed by atoms with Crippen molar-refractivity contribution in [2.24, 2.45) is 5.73 Å². The molecule has 1 unspecified atom stereocenters. The van der Waals surface area contributed by atoms with E-state index in [9.17, 15) is 4.39 Å². The van der Waals surface area contributed by atoms with E-state index in [2.05, 4.69) is 0 Å². The Hall–Kier alpha value is -0.930. The van der Waals surface area contributed by atoms with Crippen molar-refractivity contribution in [1.82, 2.24) is 4.90 Å². The first-order valence-electron chi connectivity index (χ1n) is 5.31. The molecule has 0 radical (unpaired) electrons. The third-order valence-corrected chi connectivity index (χ3v) is 3.09. The van der Waals surface area contributed by atoms with Crippen LogP contribution in [0.5, 0.6) is 0 Å². The first kappa shape index (κ1) is 10.6. The summed E-state index contributed by atoms with van der Waals surface area (Å²) in [5.41, 5.74) is 6.15. The number of nitrogens with zero attached hydrogens (tertiary/aromatic N) is 1. The Balaban J connectivity index is 2.28. The maximum Gasteiger partial charge on any atom is 0.149 e. The number of hydrogen-bond donors (Lipinski definition) is 1. The molecular weight excluding hydrogens is 191 g/mol. The van der Waals surface area contributed by atoms with Crippen LogP contribution in [0, 0.1) is 0 Å². The third kappa shape index (κ3) is 2.03. The molecule has 3 heteroatoms. The van der Waals surface area contributed by atoms with Crippen LogP contribution in [-0.2, 0) is 12.2 Å². The molecular formula is C12H17FN2. The largest absolute Gasteiger partial charge is 0.326 e. The molecule has 1 aliphatic rings. The summed E-state index contributed by atoms with van der Waals surface area (Å²) >= 11 is 0. The van der Waals surface area contributed by atoms with Gasteiger partial charge in [-0.25, -0.2) is 4.39 Å². The van der Waals surface area contributed by atoms with Crippen LogP contribution in [-0.4, -0.2) is 25.0 Å². The quantitative estimate of drug-likeness (QED) is 0.800. The van der Waals surface area contributed by atoms with Crippen LogP contribution in [0.25, 0.3) is 0 Å². The molecule has 0 bridgehead atoms. The van der Waals surface area contributed by atoms with Crippen LogP contribution in [0.3, 0.4) is 0 Å². The number of rotatable bonds is 2. The molecule has 2 rings (SSSR count). The fraction of sp³-hybridized carbons (Fsp3) is 0.500. The lowest BCUT2D eigenvalue weighted by atomic mass is 9.93. The topological polar surface area (TPSA) is 29.3 Å². The highest BCUT2D eigenvalue weighted by molar-refractivity contribution is 5.29. The summed E-state index contributed by atoms with van der Waals surface area (Å²) in [5.74, 6) is 0. The zero-order valence-corrected chi connectivity index (χ0v) is 9.04. The highest BCUT2D eigenvalue weighted by Crippen LogP contribution is 2.35. The van der Waals surface area contributed by atoms with Gasteiger partial charge in [0.25, 0.3) is 0 Å². The van der Waals surface area contributed by atoms with Crippen LogP contribution in [0.15, 0.2) is 24.3 Å². The smallest absolute Gasteiger partial charge is 0.149 e. The monoisotopic (exact) mass is 208 g/mol. The molecule has 15 heavy (non-hydrogen) atoms. The second kappa shape index (κ2) is 3.91. The number of likely N-dealkylation sites (tertiary alicyclic amines) is 1. The van der Waals surface area contributed by atoms with Crippen LogP contribution >= 0.6 is 0 Å². The van der Waals surface area contributed by atoms with Crippen molar-refractivity contribution >= 4 is 0 Å². The maximum atomic E-state index is 14.5. The first-order chi connectivity index (χ1) is 7.14. The highest BCUT2D eigenvalue weighted by Gasteiger charge is 2.38. The van der Waals surface area contributed by atoms with Crippen LogP contribution in [0.2, 0.25) is 0 Å². The summed E-state index contributed by atoms with van der Waals surface area (Å²) in [6.07, 6.45) is 0.581. The molecule has 2 nitrogen and oxygen atoms in total. The minimum absolute atomic E-state index is 0.472. The minimum atomic E-state index is -1.18. The molecule has 1 saturated heterocycles. The molecule has 0 amide bonds. The number of nitrogens with two attached hydrogens (primary N) is 1. The van der Waals surface area contributed by atoms with Gasteiger partial charge in [0, 0.05) is 19.6 Å². The van der Waals surface area contributed by atoms with E-state index < -0.39 is 5.67 Å². The Labute approximate surface area is 89.9 Å². The summed E-state index contributed by atoms with van der Waals surface area (Å²) in [6, 6.07) is 7.57. The predicted octanol–water partition coefficient (Wildman–Crippen LogP) is 1.65. The van der Waals surface area contributed by atoms with Gasteiger partial charge >= 0.3 is 0 Å². The van der Waals surface area contributed by atoms with Gasteiger partial charge in [-0.15, -0.1) is 0 Å². The predicted molar refractivity (Wildman–Crippen MR) is 59.2 cm³/mol. The van der Waals surface area contributed by atoms with Gasteiger partial charge in [0.1, 0.15) is 5.67 Å². The Morgan fingerprint density at radius 2 is 2.33 bits per heavy atom. The fourth-order valence-corrected chi connectivity index (χ4v) is 2.17.